The third kappa shape index (κ3) is 2.46. The number of nitrogens with zero attached hydrogens (tertiary/aromatic N) is 3. The highest BCUT2D eigenvalue weighted by atomic mass is 15.1. The number of aromatic nitrogens is 4. The second-order valence-corrected chi connectivity index (χ2v) is 6.28. The number of imidazole rings is 1. The van der Waals surface area contributed by atoms with E-state index in [1.807, 2.05) is 18.2 Å². The van der Waals surface area contributed by atoms with Gasteiger partial charge in [-0.3, -0.25) is 0 Å². The standard InChI is InChI=1S/C16H19N5/c1-16(2,3)11(10-7-5-4-6-8-10)14-20-13(17)12-15(21-14)19-9-18-12/h4-9,11H,1-3H3,(H3,17,18,19,20,21). The Morgan fingerprint density at radius 2 is 1.81 bits per heavy atom. The van der Waals surface area contributed by atoms with Crippen molar-refractivity contribution in [3.05, 3.63) is 48.0 Å². The Morgan fingerprint density at radius 3 is 2.48 bits per heavy atom. The third-order valence-corrected chi connectivity index (χ3v) is 3.59. The Kier molecular flexibility index (Phi) is 3.12. The average molecular weight is 281 g/mol. The molecule has 0 aliphatic carbocycles. The van der Waals surface area contributed by atoms with Crippen LogP contribution in [0.2, 0.25) is 0 Å². The van der Waals surface area contributed by atoms with Crippen LogP contribution in [-0.4, -0.2) is 19.9 Å². The molecule has 2 heterocycles. The van der Waals surface area contributed by atoms with Crippen molar-refractivity contribution >= 4 is 17.0 Å². The van der Waals surface area contributed by atoms with Crippen molar-refractivity contribution in [1.29, 1.82) is 0 Å². The Balaban J connectivity index is 2.19. The highest BCUT2D eigenvalue weighted by Gasteiger charge is 2.31. The van der Waals surface area contributed by atoms with Gasteiger partial charge in [-0.05, 0) is 11.0 Å². The lowest BCUT2D eigenvalue weighted by Gasteiger charge is -2.30. The minimum atomic E-state index is -0.0300. The Hall–Kier alpha value is -2.43. The van der Waals surface area contributed by atoms with Gasteiger partial charge in [-0.2, -0.15) is 0 Å². The van der Waals surface area contributed by atoms with Crippen molar-refractivity contribution in [3.63, 3.8) is 0 Å². The molecule has 0 radical (unpaired) electrons. The van der Waals surface area contributed by atoms with Gasteiger partial charge < -0.3 is 10.7 Å². The van der Waals surface area contributed by atoms with Crippen molar-refractivity contribution in [1.82, 2.24) is 19.9 Å². The van der Waals surface area contributed by atoms with Crippen molar-refractivity contribution in [2.45, 2.75) is 26.7 Å². The monoisotopic (exact) mass is 281 g/mol. The number of rotatable bonds is 2. The number of fused-ring (bicyclic) bond motifs is 1. The molecule has 0 amide bonds. The van der Waals surface area contributed by atoms with E-state index in [1.54, 1.807) is 6.33 Å². The number of aromatic amines is 1. The van der Waals surface area contributed by atoms with E-state index in [0.717, 1.165) is 0 Å². The second kappa shape index (κ2) is 4.84. The number of hydrogen-bond acceptors (Lipinski definition) is 4. The van der Waals surface area contributed by atoms with Crippen LogP contribution in [0.5, 0.6) is 0 Å². The summed E-state index contributed by atoms with van der Waals surface area (Å²) in [6.45, 7) is 6.54. The predicted octanol–water partition coefficient (Wildman–Crippen LogP) is 3.11. The smallest absolute Gasteiger partial charge is 0.183 e. The van der Waals surface area contributed by atoms with Crippen LogP contribution < -0.4 is 5.73 Å². The maximum atomic E-state index is 6.04. The second-order valence-electron chi connectivity index (χ2n) is 6.28. The van der Waals surface area contributed by atoms with Crippen LogP contribution in [0.15, 0.2) is 36.7 Å². The molecule has 2 aromatic heterocycles. The normalized spacial score (nSPS) is 13.5. The van der Waals surface area contributed by atoms with Crippen LogP contribution >= 0.6 is 0 Å². The van der Waals surface area contributed by atoms with E-state index < -0.39 is 0 Å². The van der Waals surface area contributed by atoms with Gasteiger partial charge in [0.05, 0.1) is 6.33 Å². The van der Waals surface area contributed by atoms with Crippen molar-refractivity contribution in [2.75, 3.05) is 5.73 Å². The number of anilines is 1. The van der Waals surface area contributed by atoms with Gasteiger partial charge in [-0.1, -0.05) is 51.1 Å². The number of hydrogen-bond donors (Lipinski definition) is 2. The van der Waals surface area contributed by atoms with Gasteiger partial charge in [0.25, 0.3) is 0 Å². The fraction of sp³-hybridized carbons (Fsp3) is 0.312. The molecule has 5 heteroatoms. The number of nitrogens with two attached hydrogens (primary N) is 1. The molecule has 0 aliphatic rings. The van der Waals surface area contributed by atoms with Crippen LogP contribution in [0.1, 0.15) is 38.1 Å². The van der Waals surface area contributed by atoms with Gasteiger partial charge >= 0.3 is 0 Å². The SMILES string of the molecule is CC(C)(C)C(c1ccccc1)c1nc(N)c2[nH]cnc2n1. The first-order valence-electron chi connectivity index (χ1n) is 6.98. The molecule has 0 aliphatic heterocycles. The molecule has 3 rings (SSSR count). The fourth-order valence-electron chi connectivity index (χ4n) is 2.68. The first-order chi connectivity index (χ1) is 9.97. The molecule has 1 unspecified atom stereocenters. The molecule has 3 aromatic rings. The zero-order valence-corrected chi connectivity index (χ0v) is 12.5. The molecular weight excluding hydrogens is 262 g/mol. The van der Waals surface area contributed by atoms with E-state index in [2.05, 4.69) is 52.8 Å². The van der Waals surface area contributed by atoms with E-state index >= 15 is 0 Å². The number of benzene rings is 1. The third-order valence-electron chi connectivity index (χ3n) is 3.59. The van der Waals surface area contributed by atoms with Gasteiger partial charge in [-0.25, -0.2) is 15.0 Å². The van der Waals surface area contributed by atoms with Crippen LogP contribution in [0.25, 0.3) is 11.2 Å². The lowest BCUT2D eigenvalue weighted by molar-refractivity contribution is 0.348. The average Bonchev–Trinajstić information content (AvgIpc) is 2.87. The first-order valence-corrected chi connectivity index (χ1v) is 6.98. The summed E-state index contributed by atoms with van der Waals surface area (Å²) in [5, 5.41) is 0. The molecule has 1 atom stereocenters. The summed E-state index contributed by atoms with van der Waals surface area (Å²) < 4.78 is 0. The fourth-order valence-corrected chi connectivity index (χ4v) is 2.68. The quantitative estimate of drug-likeness (QED) is 0.756. The molecule has 108 valence electrons. The summed E-state index contributed by atoms with van der Waals surface area (Å²) in [6.07, 6.45) is 1.59. The Morgan fingerprint density at radius 1 is 1.10 bits per heavy atom. The van der Waals surface area contributed by atoms with Crippen molar-refractivity contribution in [2.24, 2.45) is 5.41 Å². The molecule has 3 N–H and O–H groups in total. The van der Waals surface area contributed by atoms with Crippen molar-refractivity contribution < 1.29 is 0 Å². The molecule has 0 fully saturated rings. The summed E-state index contributed by atoms with van der Waals surface area (Å²) in [5.41, 5.74) is 8.50. The van der Waals surface area contributed by atoms with E-state index in [0.29, 0.717) is 22.8 Å². The molecule has 0 spiro atoms. The van der Waals surface area contributed by atoms with E-state index in [-0.39, 0.29) is 11.3 Å². The zero-order chi connectivity index (χ0) is 15.0. The minimum Gasteiger partial charge on any atom is -0.382 e. The predicted molar refractivity (Wildman–Crippen MR) is 83.8 cm³/mol. The van der Waals surface area contributed by atoms with Crippen molar-refractivity contribution in [3.8, 4) is 0 Å². The van der Waals surface area contributed by atoms with Crippen LogP contribution in [0.3, 0.4) is 0 Å². The van der Waals surface area contributed by atoms with E-state index in [1.165, 1.54) is 5.56 Å². The Labute approximate surface area is 123 Å². The molecule has 0 saturated heterocycles. The van der Waals surface area contributed by atoms with E-state index in [9.17, 15) is 0 Å². The summed E-state index contributed by atoms with van der Waals surface area (Å²) in [4.78, 5) is 16.3. The molecule has 5 nitrogen and oxygen atoms in total. The van der Waals surface area contributed by atoms with Gasteiger partial charge in [0.1, 0.15) is 11.3 Å². The largest absolute Gasteiger partial charge is 0.382 e. The van der Waals surface area contributed by atoms with Gasteiger partial charge in [0, 0.05) is 5.92 Å². The maximum Gasteiger partial charge on any atom is 0.183 e. The summed E-state index contributed by atoms with van der Waals surface area (Å²) in [7, 11) is 0. The van der Waals surface area contributed by atoms with Gasteiger partial charge in [-0.15, -0.1) is 0 Å². The number of nitrogen functional groups attached to an aromatic ring is 1. The lowest BCUT2D eigenvalue weighted by Crippen LogP contribution is -2.22. The van der Waals surface area contributed by atoms with E-state index in [4.69, 9.17) is 5.73 Å². The topological polar surface area (TPSA) is 80.5 Å². The molecule has 0 saturated carbocycles. The molecular formula is C16H19N5. The van der Waals surface area contributed by atoms with Gasteiger partial charge in [0.15, 0.2) is 11.5 Å². The zero-order valence-electron chi connectivity index (χ0n) is 12.5. The van der Waals surface area contributed by atoms with Crippen LogP contribution in [-0.2, 0) is 0 Å². The maximum absolute atomic E-state index is 6.04. The lowest BCUT2D eigenvalue weighted by atomic mass is 9.76. The molecule has 1 aromatic carbocycles. The van der Waals surface area contributed by atoms with Gasteiger partial charge in [0.2, 0.25) is 0 Å². The first kappa shape index (κ1) is 13.5. The Bertz CT molecular complexity index is 755. The highest BCUT2D eigenvalue weighted by Crippen LogP contribution is 2.39. The summed E-state index contributed by atoms with van der Waals surface area (Å²) in [5.74, 6) is 1.21. The number of nitrogens with one attached hydrogen (secondary N) is 1. The summed E-state index contributed by atoms with van der Waals surface area (Å²) >= 11 is 0. The number of H-pyrrole nitrogens is 1. The highest BCUT2D eigenvalue weighted by molar-refractivity contribution is 5.80. The summed E-state index contributed by atoms with van der Waals surface area (Å²) in [6, 6.07) is 10.3. The van der Waals surface area contributed by atoms with Crippen LogP contribution in [0.4, 0.5) is 5.82 Å². The molecule has 0 bridgehead atoms. The molecule has 21 heavy (non-hydrogen) atoms. The van der Waals surface area contributed by atoms with Crippen LogP contribution in [0, 0.1) is 5.41 Å². The minimum absolute atomic E-state index is 0.0300.